The van der Waals surface area contributed by atoms with Crippen molar-refractivity contribution in [3.63, 3.8) is 0 Å². The Bertz CT molecular complexity index is 178. The van der Waals surface area contributed by atoms with E-state index in [0.717, 1.165) is 13.0 Å². The van der Waals surface area contributed by atoms with E-state index < -0.39 is 0 Å². The molecule has 0 aromatic heterocycles. The van der Waals surface area contributed by atoms with Gasteiger partial charge in [-0.05, 0) is 38.4 Å². The van der Waals surface area contributed by atoms with Crippen molar-refractivity contribution >= 4 is 5.78 Å². The fourth-order valence-electron chi connectivity index (χ4n) is 2.01. The highest BCUT2D eigenvalue weighted by Crippen LogP contribution is 2.22. The fourth-order valence-corrected chi connectivity index (χ4v) is 2.01. The molecule has 1 fully saturated rings. The summed E-state index contributed by atoms with van der Waals surface area (Å²) in [5.41, 5.74) is 0. The molecule has 0 saturated carbocycles. The number of hydrogen-bond acceptors (Lipinski definition) is 2. The summed E-state index contributed by atoms with van der Waals surface area (Å²) in [5, 5.41) is 0. The molecule has 1 rings (SSSR count). The van der Waals surface area contributed by atoms with Crippen molar-refractivity contribution < 1.29 is 4.79 Å². The van der Waals surface area contributed by atoms with E-state index >= 15 is 0 Å². The van der Waals surface area contributed by atoms with Gasteiger partial charge < -0.3 is 0 Å². The fraction of sp³-hybridized carbons (Fsp3) is 0.700. The minimum atomic E-state index is 0.0799. The summed E-state index contributed by atoms with van der Waals surface area (Å²) in [6.45, 7) is 6.71. The second kappa shape index (κ2) is 3.85. The Balaban J connectivity index is 2.68. The van der Waals surface area contributed by atoms with Crippen molar-refractivity contribution in [2.24, 2.45) is 5.92 Å². The van der Waals surface area contributed by atoms with Gasteiger partial charge in [0.15, 0.2) is 5.78 Å². The number of hydrogen-bond donors (Lipinski definition) is 0. The molecule has 68 valence electrons. The Morgan fingerprint density at radius 3 is 2.83 bits per heavy atom. The maximum Gasteiger partial charge on any atom is 0.172 e. The summed E-state index contributed by atoms with van der Waals surface area (Å²) in [4.78, 5) is 13.6. The van der Waals surface area contributed by atoms with Crippen molar-refractivity contribution in [1.82, 2.24) is 4.90 Å². The first kappa shape index (κ1) is 9.46. The number of rotatable bonds is 2. The van der Waals surface area contributed by atoms with E-state index in [1.54, 1.807) is 0 Å². The van der Waals surface area contributed by atoms with Crippen LogP contribution >= 0.6 is 0 Å². The maximum atomic E-state index is 11.4. The van der Waals surface area contributed by atoms with Crippen LogP contribution in [0, 0.1) is 5.92 Å². The molecule has 0 aliphatic carbocycles. The molecular formula is C10H17NO. The zero-order valence-electron chi connectivity index (χ0n) is 7.92. The molecule has 0 aromatic carbocycles. The van der Waals surface area contributed by atoms with Gasteiger partial charge in [-0.2, -0.15) is 0 Å². The summed E-state index contributed by atoms with van der Waals surface area (Å²) in [7, 11) is 2.02. The lowest BCUT2D eigenvalue weighted by Crippen LogP contribution is -2.46. The van der Waals surface area contributed by atoms with Gasteiger partial charge in [0, 0.05) is 0 Å². The Kier molecular flexibility index (Phi) is 3.04. The van der Waals surface area contributed by atoms with Crippen LogP contribution in [0.4, 0.5) is 0 Å². The number of likely N-dealkylation sites (N-methyl/N-ethyl adjacent to an activating group) is 1. The van der Waals surface area contributed by atoms with Crippen LogP contribution in [-0.4, -0.2) is 30.3 Å². The lowest BCUT2D eigenvalue weighted by Gasteiger charge is -2.35. The van der Waals surface area contributed by atoms with Gasteiger partial charge in [0.05, 0.1) is 6.04 Å². The van der Waals surface area contributed by atoms with Crippen LogP contribution in [0.2, 0.25) is 0 Å². The quantitative estimate of drug-likeness (QED) is 0.580. The van der Waals surface area contributed by atoms with Crippen LogP contribution in [0.3, 0.4) is 0 Å². The standard InChI is InChI=1S/C10H17NO/c1-4-9(12)10-8(2)6-5-7-11(10)3/h4,8,10H,1,5-7H2,2-3H3. The summed E-state index contributed by atoms with van der Waals surface area (Å²) < 4.78 is 0. The van der Waals surface area contributed by atoms with Crippen molar-refractivity contribution in [2.75, 3.05) is 13.6 Å². The predicted octanol–water partition coefficient (Wildman–Crippen LogP) is 1.47. The third-order valence-corrected chi connectivity index (χ3v) is 2.68. The van der Waals surface area contributed by atoms with Crippen LogP contribution in [0.5, 0.6) is 0 Å². The second-order valence-electron chi connectivity index (χ2n) is 3.65. The van der Waals surface area contributed by atoms with E-state index in [4.69, 9.17) is 0 Å². The third kappa shape index (κ3) is 1.75. The smallest absolute Gasteiger partial charge is 0.172 e. The van der Waals surface area contributed by atoms with Crippen LogP contribution in [0.1, 0.15) is 19.8 Å². The first-order valence-electron chi connectivity index (χ1n) is 4.53. The van der Waals surface area contributed by atoms with Gasteiger partial charge in [-0.3, -0.25) is 9.69 Å². The lowest BCUT2D eigenvalue weighted by molar-refractivity contribution is -0.121. The normalized spacial score (nSPS) is 31.5. The topological polar surface area (TPSA) is 20.3 Å². The molecule has 0 amide bonds. The first-order valence-corrected chi connectivity index (χ1v) is 4.53. The number of carbonyl (C=O) groups excluding carboxylic acids is 1. The number of carbonyl (C=O) groups is 1. The number of likely N-dealkylation sites (tertiary alicyclic amines) is 1. The number of ketones is 1. The van der Waals surface area contributed by atoms with Gasteiger partial charge in [-0.1, -0.05) is 13.5 Å². The highest BCUT2D eigenvalue weighted by Gasteiger charge is 2.29. The molecule has 0 radical (unpaired) electrons. The van der Waals surface area contributed by atoms with Crippen molar-refractivity contribution in [2.45, 2.75) is 25.8 Å². The third-order valence-electron chi connectivity index (χ3n) is 2.68. The maximum absolute atomic E-state index is 11.4. The molecule has 2 unspecified atom stereocenters. The number of piperidine rings is 1. The minimum absolute atomic E-state index is 0.0799. The minimum Gasteiger partial charge on any atom is -0.296 e. The predicted molar refractivity (Wildman–Crippen MR) is 50.0 cm³/mol. The van der Waals surface area contributed by atoms with Crippen LogP contribution < -0.4 is 0 Å². The SMILES string of the molecule is C=CC(=O)C1C(C)CCCN1C. The summed E-state index contributed by atoms with van der Waals surface area (Å²) >= 11 is 0. The zero-order chi connectivity index (χ0) is 9.14. The molecule has 0 spiro atoms. The molecule has 1 aliphatic heterocycles. The Hall–Kier alpha value is -0.630. The molecule has 2 heteroatoms. The Morgan fingerprint density at radius 2 is 2.33 bits per heavy atom. The first-order chi connectivity index (χ1) is 5.66. The highest BCUT2D eigenvalue weighted by molar-refractivity contribution is 5.94. The molecular weight excluding hydrogens is 150 g/mol. The van der Waals surface area contributed by atoms with Crippen LogP contribution in [0.25, 0.3) is 0 Å². The Morgan fingerprint density at radius 1 is 1.67 bits per heavy atom. The summed E-state index contributed by atoms with van der Waals surface area (Å²) in [6.07, 6.45) is 3.82. The lowest BCUT2D eigenvalue weighted by atomic mass is 9.88. The number of nitrogens with zero attached hydrogens (tertiary/aromatic N) is 1. The van der Waals surface area contributed by atoms with Crippen LogP contribution in [0.15, 0.2) is 12.7 Å². The van der Waals surface area contributed by atoms with Gasteiger partial charge in [0.25, 0.3) is 0 Å². The average Bonchev–Trinajstić information content (AvgIpc) is 2.03. The molecule has 1 saturated heterocycles. The molecule has 1 heterocycles. The van der Waals surface area contributed by atoms with Gasteiger partial charge in [0.2, 0.25) is 0 Å². The van der Waals surface area contributed by atoms with Crippen molar-refractivity contribution in [3.8, 4) is 0 Å². The Labute approximate surface area is 74.2 Å². The van der Waals surface area contributed by atoms with Gasteiger partial charge in [-0.25, -0.2) is 0 Å². The second-order valence-corrected chi connectivity index (χ2v) is 3.65. The molecule has 0 N–H and O–H groups in total. The van der Waals surface area contributed by atoms with Gasteiger partial charge in [-0.15, -0.1) is 0 Å². The van der Waals surface area contributed by atoms with Gasteiger partial charge in [0.1, 0.15) is 0 Å². The molecule has 12 heavy (non-hydrogen) atoms. The molecule has 1 aliphatic rings. The van der Waals surface area contributed by atoms with Crippen molar-refractivity contribution in [1.29, 1.82) is 0 Å². The van der Waals surface area contributed by atoms with E-state index in [1.165, 1.54) is 12.5 Å². The van der Waals surface area contributed by atoms with Crippen molar-refractivity contribution in [3.05, 3.63) is 12.7 Å². The zero-order valence-corrected chi connectivity index (χ0v) is 7.92. The van der Waals surface area contributed by atoms with E-state index in [1.807, 2.05) is 7.05 Å². The van der Waals surface area contributed by atoms with Gasteiger partial charge >= 0.3 is 0 Å². The molecule has 2 atom stereocenters. The van der Waals surface area contributed by atoms with E-state index in [9.17, 15) is 4.79 Å². The molecule has 0 bridgehead atoms. The van der Waals surface area contributed by atoms with E-state index in [2.05, 4.69) is 18.4 Å². The molecule has 2 nitrogen and oxygen atoms in total. The average molecular weight is 167 g/mol. The highest BCUT2D eigenvalue weighted by atomic mass is 16.1. The van der Waals surface area contributed by atoms with E-state index in [0.29, 0.717) is 5.92 Å². The monoisotopic (exact) mass is 167 g/mol. The van der Waals surface area contributed by atoms with E-state index in [-0.39, 0.29) is 11.8 Å². The summed E-state index contributed by atoms with van der Waals surface area (Å²) in [5.74, 6) is 0.652. The largest absolute Gasteiger partial charge is 0.296 e. The van der Waals surface area contributed by atoms with Crippen LogP contribution in [-0.2, 0) is 4.79 Å². The molecule has 0 aromatic rings. The summed E-state index contributed by atoms with van der Waals surface area (Å²) in [6, 6.07) is 0.0799.